The van der Waals surface area contributed by atoms with E-state index < -0.39 is 5.41 Å². The largest absolute Gasteiger partial charge is 0.455 e. The lowest BCUT2D eigenvalue weighted by Gasteiger charge is -2.32. The molecule has 0 amide bonds. The standard InChI is InChI=1S/C53H31NO/c1-2-13-32(14-3-1)54(48-30-28-40-35-16-5-4-15-34(35)39-20-12-21-43(48)50(39)40)33-25-26-37-36-17-6-9-22-44(36)53(47(37)31-33)45-23-10-7-19-42(45)51-46(53)29-27-41-38-18-8-11-24-49(38)55-52(41)51/h1-31H. The third-order valence-electron chi connectivity index (χ3n) is 12.6. The number of nitrogens with zero attached hydrogens (tertiary/aromatic N) is 1. The molecule has 0 saturated carbocycles. The first kappa shape index (κ1) is 29.3. The van der Waals surface area contributed by atoms with Crippen LogP contribution >= 0.6 is 0 Å². The zero-order valence-electron chi connectivity index (χ0n) is 29.8. The fourth-order valence-corrected chi connectivity index (χ4v) is 10.5. The number of furan rings is 1. The molecule has 2 heteroatoms. The fourth-order valence-electron chi connectivity index (χ4n) is 10.5. The summed E-state index contributed by atoms with van der Waals surface area (Å²) in [4.78, 5) is 2.47. The highest BCUT2D eigenvalue weighted by Gasteiger charge is 2.52. The van der Waals surface area contributed by atoms with Crippen LogP contribution in [0, 0.1) is 0 Å². The van der Waals surface area contributed by atoms with Gasteiger partial charge in [0.05, 0.1) is 11.1 Å². The van der Waals surface area contributed by atoms with Crippen LogP contribution in [0.1, 0.15) is 22.3 Å². The lowest BCUT2D eigenvalue weighted by Crippen LogP contribution is -2.26. The van der Waals surface area contributed by atoms with Gasteiger partial charge in [0.25, 0.3) is 0 Å². The van der Waals surface area contributed by atoms with Gasteiger partial charge in [-0.05, 0) is 103 Å². The number of rotatable bonds is 3. The molecule has 3 aliphatic carbocycles. The predicted molar refractivity (Wildman–Crippen MR) is 227 cm³/mol. The van der Waals surface area contributed by atoms with Crippen molar-refractivity contribution in [1.29, 1.82) is 0 Å². The Kier molecular flexibility index (Phi) is 5.59. The van der Waals surface area contributed by atoms with Gasteiger partial charge in [-0.25, -0.2) is 0 Å². The summed E-state index contributed by atoms with van der Waals surface area (Å²) < 4.78 is 6.79. The van der Waals surface area contributed by atoms with Crippen LogP contribution in [0.25, 0.3) is 77.2 Å². The number of hydrogen-bond donors (Lipinski definition) is 0. The molecule has 1 aromatic heterocycles. The number of para-hydroxylation sites is 2. The van der Waals surface area contributed by atoms with E-state index in [2.05, 4.69) is 193 Å². The van der Waals surface area contributed by atoms with E-state index in [1.807, 2.05) is 0 Å². The summed E-state index contributed by atoms with van der Waals surface area (Å²) in [5.74, 6) is 0. The van der Waals surface area contributed by atoms with E-state index in [9.17, 15) is 0 Å². The van der Waals surface area contributed by atoms with Crippen molar-refractivity contribution in [3.63, 3.8) is 0 Å². The van der Waals surface area contributed by atoms with Crippen LogP contribution in [0.2, 0.25) is 0 Å². The Bertz CT molecular complexity index is 3250. The van der Waals surface area contributed by atoms with E-state index in [-0.39, 0.29) is 0 Å². The molecule has 0 radical (unpaired) electrons. The van der Waals surface area contributed by atoms with Gasteiger partial charge in [0.15, 0.2) is 0 Å². The number of anilines is 3. The van der Waals surface area contributed by atoms with Crippen molar-refractivity contribution in [2.24, 2.45) is 0 Å². The van der Waals surface area contributed by atoms with Gasteiger partial charge >= 0.3 is 0 Å². The van der Waals surface area contributed by atoms with Crippen LogP contribution in [0.3, 0.4) is 0 Å². The molecule has 0 bridgehead atoms. The third kappa shape index (κ3) is 3.60. The van der Waals surface area contributed by atoms with Crippen molar-refractivity contribution < 1.29 is 4.42 Å². The molecule has 3 aliphatic rings. The smallest absolute Gasteiger partial charge is 0.143 e. The Morgan fingerprint density at radius 3 is 1.82 bits per heavy atom. The van der Waals surface area contributed by atoms with Crippen molar-refractivity contribution in [2.45, 2.75) is 5.41 Å². The Balaban J connectivity index is 1.11. The molecular weight excluding hydrogens is 667 g/mol. The molecule has 10 aromatic rings. The second-order valence-corrected chi connectivity index (χ2v) is 15.1. The maximum atomic E-state index is 6.79. The highest BCUT2D eigenvalue weighted by molar-refractivity contribution is 6.19. The Labute approximate surface area is 318 Å². The molecule has 0 fully saturated rings. The summed E-state index contributed by atoms with van der Waals surface area (Å²) in [6.07, 6.45) is 0. The molecule has 55 heavy (non-hydrogen) atoms. The van der Waals surface area contributed by atoms with Crippen molar-refractivity contribution in [3.05, 3.63) is 210 Å². The van der Waals surface area contributed by atoms with Crippen molar-refractivity contribution in [1.82, 2.24) is 0 Å². The molecule has 0 saturated heterocycles. The molecule has 13 rings (SSSR count). The van der Waals surface area contributed by atoms with Crippen LogP contribution in [0.4, 0.5) is 17.1 Å². The van der Waals surface area contributed by atoms with Crippen molar-refractivity contribution in [2.75, 3.05) is 4.90 Å². The van der Waals surface area contributed by atoms with E-state index >= 15 is 0 Å². The lowest BCUT2D eigenvalue weighted by molar-refractivity contribution is 0.669. The van der Waals surface area contributed by atoms with Gasteiger partial charge < -0.3 is 9.32 Å². The zero-order valence-corrected chi connectivity index (χ0v) is 29.8. The average molecular weight is 698 g/mol. The molecule has 0 N–H and O–H groups in total. The molecule has 1 unspecified atom stereocenters. The summed E-state index contributed by atoms with van der Waals surface area (Å²) in [5.41, 5.74) is 20.2. The van der Waals surface area contributed by atoms with Gasteiger partial charge in [-0.15, -0.1) is 0 Å². The minimum atomic E-state index is -0.521. The molecule has 1 spiro atoms. The Morgan fingerprint density at radius 1 is 0.364 bits per heavy atom. The van der Waals surface area contributed by atoms with Crippen LogP contribution in [-0.4, -0.2) is 0 Å². The van der Waals surface area contributed by atoms with E-state index in [0.717, 1.165) is 33.3 Å². The summed E-state index contributed by atoms with van der Waals surface area (Å²) in [6.45, 7) is 0. The van der Waals surface area contributed by atoms with Gasteiger partial charge in [-0.3, -0.25) is 0 Å². The van der Waals surface area contributed by atoms with Gasteiger partial charge in [0.1, 0.15) is 11.2 Å². The van der Waals surface area contributed by atoms with E-state index in [0.29, 0.717) is 0 Å². The summed E-state index contributed by atoms with van der Waals surface area (Å²) in [5, 5.41) is 4.88. The highest BCUT2D eigenvalue weighted by Crippen LogP contribution is 2.65. The first-order chi connectivity index (χ1) is 27.3. The molecule has 2 nitrogen and oxygen atoms in total. The Morgan fingerprint density at radius 2 is 0.982 bits per heavy atom. The predicted octanol–water partition coefficient (Wildman–Crippen LogP) is 14.2. The quantitative estimate of drug-likeness (QED) is 0.183. The number of benzene rings is 9. The average Bonchev–Trinajstić information content (AvgIpc) is 3.96. The minimum absolute atomic E-state index is 0.521. The molecule has 1 atom stereocenters. The van der Waals surface area contributed by atoms with Crippen LogP contribution < -0.4 is 4.90 Å². The monoisotopic (exact) mass is 697 g/mol. The Hall–Kier alpha value is -7.16. The normalized spacial score (nSPS) is 15.3. The third-order valence-corrected chi connectivity index (χ3v) is 12.6. The van der Waals surface area contributed by atoms with Gasteiger partial charge in [-0.1, -0.05) is 152 Å². The second kappa shape index (κ2) is 10.5. The van der Waals surface area contributed by atoms with Crippen molar-refractivity contribution in [3.8, 4) is 44.5 Å². The maximum absolute atomic E-state index is 6.79. The van der Waals surface area contributed by atoms with E-state index in [1.54, 1.807) is 0 Å². The molecule has 254 valence electrons. The van der Waals surface area contributed by atoms with Crippen LogP contribution in [0.15, 0.2) is 192 Å². The maximum Gasteiger partial charge on any atom is 0.143 e. The summed E-state index contributed by atoms with van der Waals surface area (Å²) in [6, 6.07) is 69.4. The zero-order chi connectivity index (χ0) is 35.8. The number of hydrogen-bond acceptors (Lipinski definition) is 2. The second-order valence-electron chi connectivity index (χ2n) is 15.1. The van der Waals surface area contributed by atoms with E-state index in [1.165, 1.54) is 83.2 Å². The highest BCUT2D eigenvalue weighted by atomic mass is 16.3. The van der Waals surface area contributed by atoms with Crippen LogP contribution in [-0.2, 0) is 5.41 Å². The summed E-state index contributed by atoms with van der Waals surface area (Å²) in [7, 11) is 0. The number of fused-ring (bicyclic) bond motifs is 17. The molecular formula is C53H31NO. The fraction of sp³-hybridized carbons (Fsp3) is 0.0189. The summed E-state index contributed by atoms with van der Waals surface area (Å²) >= 11 is 0. The molecule has 9 aromatic carbocycles. The molecule has 0 aliphatic heterocycles. The first-order valence-electron chi connectivity index (χ1n) is 19.1. The van der Waals surface area contributed by atoms with Gasteiger partial charge in [0.2, 0.25) is 0 Å². The SMILES string of the molecule is c1ccc(N(c2ccc3c(c2)C2(c4ccccc4-3)c3ccccc3-c3c2ccc2c3oc3ccccc32)c2ccc3c4c(cccc24)-c2ccccc2-3)cc1. The van der Waals surface area contributed by atoms with Crippen LogP contribution in [0.5, 0.6) is 0 Å². The lowest BCUT2D eigenvalue weighted by atomic mass is 9.70. The van der Waals surface area contributed by atoms with E-state index in [4.69, 9.17) is 4.42 Å². The first-order valence-corrected chi connectivity index (χ1v) is 19.1. The minimum Gasteiger partial charge on any atom is -0.455 e. The van der Waals surface area contributed by atoms with Crippen molar-refractivity contribution >= 4 is 49.8 Å². The topological polar surface area (TPSA) is 16.4 Å². The van der Waals surface area contributed by atoms with Gasteiger partial charge in [0, 0.05) is 33.1 Å². The molecule has 1 heterocycles. The van der Waals surface area contributed by atoms with Gasteiger partial charge in [-0.2, -0.15) is 0 Å².